The molecule has 17 heavy (non-hydrogen) atoms. The molecule has 0 fully saturated rings. The Morgan fingerprint density at radius 2 is 2.06 bits per heavy atom. The highest BCUT2D eigenvalue weighted by atomic mass is 15.1. The second-order valence-corrected chi connectivity index (χ2v) is 4.50. The number of rotatable bonds is 5. The van der Waals surface area contributed by atoms with Gasteiger partial charge in [-0.3, -0.25) is 0 Å². The van der Waals surface area contributed by atoms with Gasteiger partial charge in [-0.25, -0.2) is 4.98 Å². The number of nitrogens with zero attached hydrogens (tertiary/aromatic N) is 2. The number of para-hydroxylation sites is 1. The lowest BCUT2D eigenvalue weighted by Gasteiger charge is -2.07. The number of nitrogen functional groups attached to an aromatic ring is 1. The Morgan fingerprint density at radius 3 is 2.76 bits per heavy atom. The van der Waals surface area contributed by atoms with Gasteiger partial charge < -0.3 is 10.3 Å². The number of hydrogen-bond donors (Lipinski definition) is 1. The van der Waals surface area contributed by atoms with Crippen LogP contribution in [0.5, 0.6) is 0 Å². The van der Waals surface area contributed by atoms with Crippen molar-refractivity contribution < 1.29 is 0 Å². The lowest BCUT2D eigenvalue weighted by molar-refractivity contribution is 0.634. The molecule has 0 atom stereocenters. The van der Waals surface area contributed by atoms with Gasteiger partial charge in [0.2, 0.25) is 0 Å². The summed E-state index contributed by atoms with van der Waals surface area (Å²) in [6, 6.07) is 6.05. The molecule has 2 aromatic rings. The van der Waals surface area contributed by atoms with Crippen LogP contribution in [-0.2, 0) is 13.0 Å². The minimum Gasteiger partial charge on any atom is -0.397 e. The first-order valence-electron chi connectivity index (χ1n) is 6.51. The summed E-state index contributed by atoms with van der Waals surface area (Å²) >= 11 is 0. The predicted octanol–water partition coefficient (Wildman–Crippen LogP) is 3.37. The molecule has 3 nitrogen and oxygen atoms in total. The lowest BCUT2D eigenvalue weighted by atomic mass is 10.2. The summed E-state index contributed by atoms with van der Waals surface area (Å²) in [6.07, 6.45) is 4.56. The zero-order valence-corrected chi connectivity index (χ0v) is 10.7. The molecule has 2 N–H and O–H groups in total. The Labute approximate surface area is 103 Å². The molecule has 1 heterocycles. The molecular formula is C14H21N3. The summed E-state index contributed by atoms with van der Waals surface area (Å²) in [5.74, 6) is 1.18. The van der Waals surface area contributed by atoms with Crippen LogP contribution in [0.4, 0.5) is 5.69 Å². The highest BCUT2D eigenvalue weighted by Crippen LogP contribution is 2.23. The highest BCUT2D eigenvalue weighted by Gasteiger charge is 2.11. The summed E-state index contributed by atoms with van der Waals surface area (Å²) in [5.41, 5.74) is 8.92. The van der Waals surface area contributed by atoms with Crippen molar-refractivity contribution in [1.29, 1.82) is 0 Å². The van der Waals surface area contributed by atoms with Crippen molar-refractivity contribution in [2.75, 3.05) is 5.73 Å². The molecule has 3 heteroatoms. The molecule has 2 rings (SSSR count). The van der Waals surface area contributed by atoms with Crippen LogP contribution in [0.15, 0.2) is 18.2 Å². The Hall–Kier alpha value is -1.51. The van der Waals surface area contributed by atoms with Gasteiger partial charge in [0.25, 0.3) is 0 Å². The van der Waals surface area contributed by atoms with Gasteiger partial charge in [0.05, 0.1) is 11.2 Å². The predicted molar refractivity (Wildman–Crippen MR) is 73.0 cm³/mol. The summed E-state index contributed by atoms with van der Waals surface area (Å²) in [4.78, 5) is 4.71. The van der Waals surface area contributed by atoms with E-state index in [0.717, 1.165) is 30.6 Å². The Kier molecular flexibility index (Phi) is 3.67. The fraction of sp³-hybridized carbons (Fsp3) is 0.500. The van der Waals surface area contributed by atoms with Crippen molar-refractivity contribution in [2.24, 2.45) is 0 Å². The third kappa shape index (κ3) is 2.28. The number of aryl methyl sites for hydroxylation is 2. The highest BCUT2D eigenvalue weighted by molar-refractivity contribution is 5.87. The number of hydrogen-bond acceptors (Lipinski definition) is 2. The van der Waals surface area contributed by atoms with E-state index in [2.05, 4.69) is 24.5 Å². The fourth-order valence-electron chi connectivity index (χ4n) is 2.22. The molecule has 0 radical (unpaired) electrons. The van der Waals surface area contributed by atoms with Gasteiger partial charge in [0, 0.05) is 13.0 Å². The van der Waals surface area contributed by atoms with Gasteiger partial charge in [-0.1, -0.05) is 26.3 Å². The van der Waals surface area contributed by atoms with E-state index in [1.807, 2.05) is 12.1 Å². The number of unbranched alkanes of at least 4 members (excludes halogenated alkanes) is 1. The zero-order chi connectivity index (χ0) is 12.3. The first-order valence-corrected chi connectivity index (χ1v) is 6.51. The van der Waals surface area contributed by atoms with Crippen molar-refractivity contribution >= 4 is 16.7 Å². The molecule has 0 saturated heterocycles. The van der Waals surface area contributed by atoms with E-state index in [1.165, 1.54) is 24.2 Å². The average Bonchev–Trinajstić information content (AvgIpc) is 2.67. The van der Waals surface area contributed by atoms with Crippen molar-refractivity contribution in [1.82, 2.24) is 9.55 Å². The van der Waals surface area contributed by atoms with Gasteiger partial charge in [0.1, 0.15) is 11.3 Å². The van der Waals surface area contributed by atoms with Crippen LogP contribution in [0.25, 0.3) is 11.0 Å². The Balaban J connectivity index is 2.49. The molecule has 0 amide bonds. The maximum Gasteiger partial charge on any atom is 0.112 e. The molecule has 1 aromatic heterocycles. The molecule has 0 aliphatic rings. The maximum atomic E-state index is 5.99. The largest absolute Gasteiger partial charge is 0.397 e. The monoisotopic (exact) mass is 231 g/mol. The summed E-state index contributed by atoms with van der Waals surface area (Å²) < 4.78 is 2.32. The van der Waals surface area contributed by atoms with Gasteiger partial charge in [-0.2, -0.15) is 0 Å². The Morgan fingerprint density at radius 1 is 1.24 bits per heavy atom. The van der Waals surface area contributed by atoms with Gasteiger partial charge in [0.15, 0.2) is 0 Å². The van der Waals surface area contributed by atoms with E-state index in [-0.39, 0.29) is 0 Å². The second-order valence-electron chi connectivity index (χ2n) is 4.50. The number of nitrogens with two attached hydrogens (primary N) is 1. The van der Waals surface area contributed by atoms with E-state index in [1.54, 1.807) is 0 Å². The van der Waals surface area contributed by atoms with Crippen molar-refractivity contribution in [3.05, 3.63) is 24.0 Å². The summed E-state index contributed by atoms with van der Waals surface area (Å²) in [6.45, 7) is 5.43. The standard InChI is InChI=1S/C14H21N3/c1-3-5-9-13-16-14-11(15)7-6-8-12(14)17(13)10-4-2/h6-8H,3-5,9-10,15H2,1-2H3. The fourth-order valence-corrected chi connectivity index (χ4v) is 2.22. The average molecular weight is 231 g/mol. The normalized spacial score (nSPS) is 11.2. The number of anilines is 1. The van der Waals surface area contributed by atoms with E-state index < -0.39 is 0 Å². The molecule has 92 valence electrons. The van der Waals surface area contributed by atoms with Crippen LogP contribution < -0.4 is 5.73 Å². The number of fused-ring (bicyclic) bond motifs is 1. The molecule has 0 spiro atoms. The van der Waals surface area contributed by atoms with Crippen molar-refractivity contribution in [3.8, 4) is 0 Å². The van der Waals surface area contributed by atoms with E-state index in [4.69, 9.17) is 10.7 Å². The first kappa shape index (κ1) is 12.0. The minimum absolute atomic E-state index is 0.787. The Bertz CT molecular complexity index is 499. The molecule has 0 bridgehead atoms. The number of aromatic nitrogens is 2. The first-order chi connectivity index (χ1) is 8.27. The van der Waals surface area contributed by atoms with Crippen LogP contribution in [0.3, 0.4) is 0 Å². The second kappa shape index (κ2) is 5.21. The van der Waals surface area contributed by atoms with Crippen LogP contribution >= 0.6 is 0 Å². The molecule has 0 aliphatic heterocycles. The molecule has 0 aliphatic carbocycles. The third-order valence-corrected chi connectivity index (χ3v) is 3.09. The lowest BCUT2D eigenvalue weighted by Crippen LogP contribution is -2.03. The smallest absolute Gasteiger partial charge is 0.112 e. The quantitative estimate of drug-likeness (QED) is 0.802. The topological polar surface area (TPSA) is 43.8 Å². The number of benzene rings is 1. The van der Waals surface area contributed by atoms with Crippen molar-refractivity contribution in [3.63, 3.8) is 0 Å². The number of imidazole rings is 1. The van der Waals surface area contributed by atoms with Crippen LogP contribution in [-0.4, -0.2) is 9.55 Å². The van der Waals surface area contributed by atoms with E-state index in [0.29, 0.717) is 0 Å². The summed E-state index contributed by atoms with van der Waals surface area (Å²) in [5, 5.41) is 0. The molecular weight excluding hydrogens is 210 g/mol. The van der Waals surface area contributed by atoms with Gasteiger partial charge >= 0.3 is 0 Å². The SMILES string of the molecule is CCCCc1nc2c(N)cccc2n1CCC. The van der Waals surface area contributed by atoms with Crippen LogP contribution in [0, 0.1) is 0 Å². The molecule has 0 unspecified atom stereocenters. The van der Waals surface area contributed by atoms with E-state index >= 15 is 0 Å². The van der Waals surface area contributed by atoms with Crippen molar-refractivity contribution in [2.45, 2.75) is 46.1 Å². The van der Waals surface area contributed by atoms with Gasteiger partial charge in [-0.05, 0) is 25.0 Å². The van der Waals surface area contributed by atoms with Crippen LogP contribution in [0.1, 0.15) is 38.9 Å². The van der Waals surface area contributed by atoms with E-state index in [9.17, 15) is 0 Å². The van der Waals surface area contributed by atoms with Gasteiger partial charge in [-0.15, -0.1) is 0 Å². The zero-order valence-electron chi connectivity index (χ0n) is 10.7. The minimum atomic E-state index is 0.787. The molecule has 0 saturated carbocycles. The third-order valence-electron chi connectivity index (χ3n) is 3.09. The van der Waals surface area contributed by atoms with Crippen LogP contribution in [0.2, 0.25) is 0 Å². The molecule has 1 aromatic carbocycles. The maximum absolute atomic E-state index is 5.99. The summed E-state index contributed by atoms with van der Waals surface area (Å²) in [7, 11) is 0.